The molecule has 2 heteroatoms. The fourth-order valence-electron chi connectivity index (χ4n) is 0.760. The number of nitriles is 1. The summed E-state index contributed by atoms with van der Waals surface area (Å²) in [4.78, 5) is 2.28. The molecule has 0 radical (unpaired) electrons. The third kappa shape index (κ3) is 1.21. The summed E-state index contributed by atoms with van der Waals surface area (Å²) in [6, 6.07) is 2.65. The van der Waals surface area contributed by atoms with Gasteiger partial charge in [-0.05, 0) is 6.92 Å². The van der Waals surface area contributed by atoms with E-state index in [2.05, 4.69) is 17.9 Å². The molecule has 8 heavy (non-hydrogen) atoms. The van der Waals surface area contributed by atoms with E-state index in [1.165, 1.54) is 13.1 Å². The highest BCUT2D eigenvalue weighted by Crippen LogP contribution is 2.11. The standard InChI is InChI=1S/C6H10N2/c1-6(2-3-7)8-4-5-8/h6H,2,4-5H2,1H3. The van der Waals surface area contributed by atoms with Crippen molar-refractivity contribution in [2.75, 3.05) is 13.1 Å². The Hall–Kier alpha value is -0.550. The monoisotopic (exact) mass is 110 g/mol. The maximum Gasteiger partial charge on any atom is 0.0638 e. The zero-order chi connectivity index (χ0) is 5.98. The molecule has 1 aliphatic rings. The normalized spacial score (nSPS) is 22.0. The topological polar surface area (TPSA) is 26.8 Å². The molecule has 0 amide bonds. The van der Waals surface area contributed by atoms with Crippen molar-refractivity contribution < 1.29 is 0 Å². The lowest BCUT2D eigenvalue weighted by molar-refractivity contribution is 0.434. The average molecular weight is 110 g/mol. The molecule has 0 bridgehead atoms. The van der Waals surface area contributed by atoms with Crippen molar-refractivity contribution in [1.82, 2.24) is 4.90 Å². The van der Waals surface area contributed by atoms with Gasteiger partial charge in [0.05, 0.1) is 12.5 Å². The molecule has 0 aliphatic carbocycles. The van der Waals surface area contributed by atoms with Crippen molar-refractivity contribution in [3.63, 3.8) is 0 Å². The van der Waals surface area contributed by atoms with Crippen molar-refractivity contribution in [2.45, 2.75) is 19.4 Å². The Morgan fingerprint density at radius 3 is 2.75 bits per heavy atom. The summed E-state index contributed by atoms with van der Waals surface area (Å²) in [6.07, 6.45) is 0.681. The van der Waals surface area contributed by atoms with E-state index in [1.54, 1.807) is 0 Å². The van der Waals surface area contributed by atoms with Gasteiger partial charge >= 0.3 is 0 Å². The van der Waals surface area contributed by atoms with Crippen LogP contribution in [0.3, 0.4) is 0 Å². The minimum atomic E-state index is 0.500. The van der Waals surface area contributed by atoms with Crippen LogP contribution in [0.1, 0.15) is 13.3 Å². The summed E-state index contributed by atoms with van der Waals surface area (Å²) < 4.78 is 0. The largest absolute Gasteiger partial charge is 0.297 e. The van der Waals surface area contributed by atoms with Gasteiger partial charge in [-0.25, -0.2) is 0 Å². The van der Waals surface area contributed by atoms with E-state index < -0.39 is 0 Å². The number of nitrogens with zero attached hydrogens (tertiary/aromatic N) is 2. The summed E-state index contributed by atoms with van der Waals surface area (Å²) in [7, 11) is 0. The predicted octanol–water partition coefficient (Wildman–Crippen LogP) is 0.604. The average Bonchev–Trinajstić information content (AvgIpc) is 2.45. The van der Waals surface area contributed by atoms with E-state index in [0.29, 0.717) is 12.5 Å². The second kappa shape index (κ2) is 2.15. The third-order valence-corrected chi connectivity index (χ3v) is 1.49. The summed E-state index contributed by atoms with van der Waals surface area (Å²) in [5, 5.41) is 8.24. The first kappa shape index (κ1) is 5.58. The van der Waals surface area contributed by atoms with Gasteiger partial charge in [0.25, 0.3) is 0 Å². The molecule has 0 aromatic carbocycles. The van der Waals surface area contributed by atoms with Gasteiger partial charge in [0.15, 0.2) is 0 Å². The van der Waals surface area contributed by atoms with Gasteiger partial charge in [0.1, 0.15) is 0 Å². The molecule has 2 nitrogen and oxygen atoms in total. The summed E-state index contributed by atoms with van der Waals surface area (Å²) in [6.45, 7) is 4.49. The Morgan fingerprint density at radius 1 is 1.75 bits per heavy atom. The van der Waals surface area contributed by atoms with Crippen LogP contribution in [0, 0.1) is 11.3 Å². The Bertz CT molecular complexity index is 110. The van der Waals surface area contributed by atoms with Crippen LogP contribution in [0.4, 0.5) is 0 Å². The van der Waals surface area contributed by atoms with Gasteiger partial charge in [0, 0.05) is 19.1 Å². The Morgan fingerprint density at radius 2 is 2.38 bits per heavy atom. The van der Waals surface area contributed by atoms with Crippen LogP contribution >= 0.6 is 0 Å². The number of rotatable bonds is 2. The van der Waals surface area contributed by atoms with E-state index in [9.17, 15) is 0 Å². The van der Waals surface area contributed by atoms with Crippen LogP contribution in [0.25, 0.3) is 0 Å². The molecule has 1 unspecified atom stereocenters. The minimum absolute atomic E-state index is 0.500. The summed E-state index contributed by atoms with van der Waals surface area (Å²) in [5.74, 6) is 0. The van der Waals surface area contributed by atoms with Crippen LogP contribution in [0.15, 0.2) is 0 Å². The first-order chi connectivity index (χ1) is 3.84. The first-order valence-corrected chi connectivity index (χ1v) is 2.95. The molecule has 1 saturated heterocycles. The highest BCUT2D eigenvalue weighted by atomic mass is 15.3. The van der Waals surface area contributed by atoms with Crippen LogP contribution < -0.4 is 0 Å². The van der Waals surface area contributed by atoms with Gasteiger partial charge in [-0.1, -0.05) is 0 Å². The van der Waals surface area contributed by atoms with Crippen molar-refractivity contribution >= 4 is 0 Å². The molecule has 0 aromatic rings. The van der Waals surface area contributed by atoms with Crippen molar-refractivity contribution in [1.29, 1.82) is 5.26 Å². The lowest BCUT2D eigenvalue weighted by Crippen LogP contribution is -2.12. The molecule has 44 valence electrons. The van der Waals surface area contributed by atoms with E-state index in [-0.39, 0.29) is 0 Å². The third-order valence-electron chi connectivity index (χ3n) is 1.49. The van der Waals surface area contributed by atoms with Crippen LogP contribution in [-0.2, 0) is 0 Å². The number of hydrogen-bond donors (Lipinski definition) is 0. The smallest absolute Gasteiger partial charge is 0.0638 e. The predicted molar refractivity (Wildman–Crippen MR) is 31.3 cm³/mol. The fraction of sp³-hybridized carbons (Fsp3) is 0.833. The molecule has 1 atom stereocenters. The van der Waals surface area contributed by atoms with Crippen LogP contribution in [0.5, 0.6) is 0 Å². The Kier molecular flexibility index (Phi) is 1.50. The zero-order valence-electron chi connectivity index (χ0n) is 5.09. The molecule has 0 saturated carbocycles. The summed E-state index contributed by atoms with van der Waals surface area (Å²) in [5.41, 5.74) is 0. The molecule has 1 aliphatic heterocycles. The lowest BCUT2D eigenvalue weighted by atomic mass is 10.3. The van der Waals surface area contributed by atoms with Crippen LogP contribution in [0.2, 0.25) is 0 Å². The molecule has 0 N–H and O–H groups in total. The van der Waals surface area contributed by atoms with E-state index >= 15 is 0 Å². The van der Waals surface area contributed by atoms with E-state index in [4.69, 9.17) is 5.26 Å². The fourth-order valence-corrected chi connectivity index (χ4v) is 0.760. The molecule has 1 fully saturated rings. The van der Waals surface area contributed by atoms with Gasteiger partial charge in [-0.15, -0.1) is 0 Å². The lowest BCUT2D eigenvalue weighted by Gasteiger charge is -2.04. The van der Waals surface area contributed by atoms with Gasteiger partial charge in [-0.2, -0.15) is 5.26 Å². The molecule has 0 aromatic heterocycles. The zero-order valence-corrected chi connectivity index (χ0v) is 5.09. The molecule has 0 spiro atoms. The highest BCUT2D eigenvalue weighted by Gasteiger charge is 2.22. The second-order valence-corrected chi connectivity index (χ2v) is 2.25. The summed E-state index contributed by atoms with van der Waals surface area (Å²) >= 11 is 0. The second-order valence-electron chi connectivity index (χ2n) is 2.25. The van der Waals surface area contributed by atoms with E-state index in [0.717, 1.165) is 0 Å². The Labute approximate surface area is 49.7 Å². The number of hydrogen-bond acceptors (Lipinski definition) is 2. The van der Waals surface area contributed by atoms with Gasteiger partial charge < -0.3 is 0 Å². The minimum Gasteiger partial charge on any atom is -0.297 e. The highest BCUT2D eigenvalue weighted by molar-refractivity contribution is 4.85. The first-order valence-electron chi connectivity index (χ1n) is 2.95. The molecule has 1 rings (SSSR count). The maximum atomic E-state index is 8.24. The van der Waals surface area contributed by atoms with Crippen LogP contribution in [-0.4, -0.2) is 24.0 Å². The van der Waals surface area contributed by atoms with Crippen molar-refractivity contribution in [3.05, 3.63) is 0 Å². The molecular weight excluding hydrogens is 100 g/mol. The SMILES string of the molecule is CC(CC#N)N1CC1. The molecular formula is C6H10N2. The van der Waals surface area contributed by atoms with Gasteiger partial charge in [-0.3, -0.25) is 4.90 Å². The maximum absolute atomic E-state index is 8.24. The van der Waals surface area contributed by atoms with Crippen molar-refractivity contribution in [2.24, 2.45) is 0 Å². The Balaban J connectivity index is 2.15. The van der Waals surface area contributed by atoms with E-state index in [1.807, 2.05) is 0 Å². The van der Waals surface area contributed by atoms with Gasteiger partial charge in [0.2, 0.25) is 0 Å². The van der Waals surface area contributed by atoms with Crippen molar-refractivity contribution in [3.8, 4) is 6.07 Å². The quantitative estimate of drug-likeness (QED) is 0.487. The molecule has 1 heterocycles.